The van der Waals surface area contributed by atoms with Gasteiger partial charge in [-0.2, -0.15) is 8.96 Å². The first kappa shape index (κ1) is 17.8. The molecule has 0 aliphatic carbocycles. The van der Waals surface area contributed by atoms with E-state index in [-0.39, 0.29) is 4.90 Å². The zero-order chi connectivity index (χ0) is 18.1. The number of nitrogens with zero attached hydrogens (tertiary/aromatic N) is 3. The van der Waals surface area contributed by atoms with E-state index >= 15 is 0 Å². The molecule has 0 bridgehead atoms. The van der Waals surface area contributed by atoms with Crippen LogP contribution in [0.3, 0.4) is 0 Å². The van der Waals surface area contributed by atoms with Crippen LogP contribution in [0.2, 0.25) is 0 Å². The summed E-state index contributed by atoms with van der Waals surface area (Å²) in [5, 5.41) is 0. The summed E-state index contributed by atoms with van der Waals surface area (Å²) in [4.78, 5) is 26.5. The van der Waals surface area contributed by atoms with Crippen LogP contribution in [0.1, 0.15) is 19.4 Å². The highest BCUT2D eigenvalue weighted by atomic mass is 32.2. The molecule has 0 spiro atoms. The third-order valence-corrected chi connectivity index (χ3v) is 5.04. The molecule has 0 fully saturated rings. The number of aromatic nitrogens is 2. The summed E-state index contributed by atoms with van der Waals surface area (Å²) < 4.78 is 40.2. The molecule has 0 N–H and O–H groups in total. The van der Waals surface area contributed by atoms with E-state index in [2.05, 4.69) is 4.99 Å². The SMILES string of the molecule is CCc1ccc(S(=O)(=O)n2cc(F)c(=NC(C)=O)n(C)c2=O)cc1. The van der Waals surface area contributed by atoms with Crippen LogP contribution in [0.4, 0.5) is 4.39 Å². The van der Waals surface area contributed by atoms with Gasteiger partial charge in [0.1, 0.15) is 0 Å². The summed E-state index contributed by atoms with van der Waals surface area (Å²) in [7, 11) is -3.13. The van der Waals surface area contributed by atoms with Gasteiger partial charge in [-0.3, -0.25) is 9.36 Å². The quantitative estimate of drug-likeness (QED) is 0.807. The second-order valence-electron chi connectivity index (χ2n) is 5.07. The molecule has 2 rings (SSSR count). The molecule has 0 unspecified atom stereocenters. The molecule has 0 aliphatic heterocycles. The summed E-state index contributed by atoms with van der Waals surface area (Å²) in [6.45, 7) is 3.01. The van der Waals surface area contributed by atoms with Crippen LogP contribution in [0.15, 0.2) is 45.1 Å². The summed E-state index contributed by atoms with van der Waals surface area (Å²) in [6, 6.07) is 5.94. The van der Waals surface area contributed by atoms with Gasteiger partial charge in [0.25, 0.3) is 10.0 Å². The number of rotatable bonds is 3. The van der Waals surface area contributed by atoms with Crippen LogP contribution < -0.4 is 11.2 Å². The van der Waals surface area contributed by atoms with Crippen molar-refractivity contribution in [3.63, 3.8) is 0 Å². The standard InChI is InChI=1S/C15H16FN3O4S/c1-4-11-5-7-12(8-6-11)24(22,23)19-9-13(16)14(17-10(2)20)18(3)15(19)21/h5-9H,4H2,1-3H3. The topological polar surface area (TPSA) is 90.5 Å². The van der Waals surface area contributed by atoms with Gasteiger partial charge in [0.05, 0.1) is 11.1 Å². The summed E-state index contributed by atoms with van der Waals surface area (Å²) in [5.41, 5.74) is -0.634. The fraction of sp³-hybridized carbons (Fsp3) is 0.267. The maximum atomic E-state index is 14.1. The fourth-order valence-electron chi connectivity index (χ4n) is 2.07. The number of hydrogen-bond acceptors (Lipinski definition) is 4. The number of halogens is 1. The van der Waals surface area contributed by atoms with Crippen molar-refractivity contribution in [3.05, 3.63) is 57.8 Å². The lowest BCUT2D eigenvalue weighted by molar-refractivity contribution is -0.116. The Hall–Kier alpha value is -2.55. The highest BCUT2D eigenvalue weighted by Gasteiger charge is 2.21. The first-order valence-corrected chi connectivity index (χ1v) is 8.50. The van der Waals surface area contributed by atoms with Crippen LogP contribution in [-0.4, -0.2) is 22.9 Å². The Morgan fingerprint density at radius 3 is 2.33 bits per heavy atom. The number of benzene rings is 1. The molecule has 7 nitrogen and oxygen atoms in total. The zero-order valence-electron chi connectivity index (χ0n) is 13.4. The smallest absolute Gasteiger partial charge is 0.278 e. The molecule has 9 heteroatoms. The van der Waals surface area contributed by atoms with Crippen LogP contribution in [0.5, 0.6) is 0 Å². The van der Waals surface area contributed by atoms with E-state index in [0.29, 0.717) is 14.7 Å². The van der Waals surface area contributed by atoms with Crippen molar-refractivity contribution in [3.8, 4) is 0 Å². The molecule has 1 amide bonds. The Balaban J connectivity index is 2.72. The van der Waals surface area contributed by atoms with Gasteiger partial charge in [-0.25, -0.2) is 17.6 Å². The molecule has 128 valence electrons. The molecular weight excluding hydrogens is 337 g/mol. The van der Waals surface area contributed by atoms with Crippen molar-refractivity contribution in [1.29, 1.82) is 0 Å². The number of aryl methyl sites for hydroxylation is 1. The van der Waals surface area contributed by atoms with Gasteiger partial charge in [0.2, 0.25) is 5.91 Å². The van der Waals surface area contributed by atoms with E-state index < -0.39 is 32.9 Å². The third-order valence-electron chi connectivity index (χ3n) is 3.39. The number of carbonyl (C=O) groups is 1. The van der Waals surface area contributed by atoms with Gasteiger partial charge in [-0.1, -0.05) is 19.1 Å². The van der Waals surface area contributed by atoms with Crippen molar-refractivity contribution < 1.29 is 17.6 Å². The molecule has 0 radical (unpaired) electrons. The van der Waals surface area contributed by atoms with Crippen molar-refractivity contribution >= 4 is 15.9 Å². The average Bonchev–Trinajstić information content (AvgIpc) is 2.54. The molecule has 1 heterocycles. The van der Waals surface area contributed by atoms with Gasteiger partial charge < -0.3 is 0 Å². The lowest BCUT2D eigenvalue weighted by Gasteiger charge is -2.10. The Morgan fingerprint density at radius 2 is 1.83 bits per heavy atom. The van der Waals surface area contributed by atoms with Crippen molar-refractivity contribution in [1.82, 2.24) is 8.54 Å². The van der Waals surface area contributed by atoms with Crippen LogP contribution >= 0.6 is 0 Å². The minimum absolute atomic E-state index is 0.141. The molecule has 24 heavy (non-hydrogen) atoms. The lowest BCUT2D eigenvalue weighted by atomic mass is 10.2. The molecule has 0 aliphatic rings. The molecule has 1 aromatic carbocycles. The van der Waals surface area contributed by atoms with E-state index in [1.807, 2.05) is 6.92 Å². The van der Waals surface area contributed by atoms with E-state index in [1.54, 1.807) is 12.1 Å². The van der Waals surface area contributed by atoms with Gasteiger partial charge in [-0.15, -0.1) is 0 Å². The van der Waals surface area contributed by atoms with E-state index in [9.17, 15) is 22.4 Å². The Kier molecular flexibility index (Phi) is 4.83. The van der Waals surface area contributed by atoms with Crippen LogP contribution in [0.25, 0.3) is 0 Å². The molecule has 1 aromatic heterocycles. The van der Waals surface area contributed by atoms with Crippen LogP contribution in [0, 0.1) is 5.82 Å². The number of hydrogen-bond donors (Lipinski definition) is 0. The Bertz CT molecular complexity index is 1020. The second-order valence-corrected chi connectivity index (χ2v) is 6.89. The van der Waals surface area contributed by atoms with E-state index in [4.69, 9.17) is 0 Å². The van der Waals surface area contributed by atoms with Crippen molar-refractivity contribution in [2.75, 3.05) is 0 Å². The Morgan fingerprint density at radius 1 is 1.25 bits per heavy atom. The van der Waals surface area contributed by atoms with E-state index in [0.717, 1.165) is 26.0 Å². The largest absolute Gasteiger partial charge is 0.343 e. The monoisotopic (exact) mass is 353 g/mol. The third kappa shape index (κ3) is 3.21. The molecule has 0 saturated heterocycles. The molecule has 0 atom stereocenters. The van der Waals surface area contributed by atoms with E-state index in [1.165, 1.54) is 12.1 Å². The van der Waals surface area contributed by atoms with Gasteiger partial charge in [-0.05, 0) is 24.1 Å². The minimum atomic E-state index is -4.27. The van der Waals surface area contributed by atoms with Crippen molar-refractivity contribution in [2.24, 2.45) is 12.0 Å². The van der Waals surface area contributed by atoms with Crippen molar-refractivity contribution in [2.45, 2.75) is 25.2 Å². The highest BCUT2D eigenvalue weighted by Crippen LogP contribution is 2.13. The zero-order valence-corrected chi connectivity index (χ0v) is 14.2. The fourth-order valence-corrected chi connectivity index (χ4v) is 3.34. The first-order chi connectivity index (χ1) is 11.2. The predicted octanol–water partition coefficient (Wildman–Crippen LogP) is 0.572. The molecule has 2 aromatic rings. The first-order valence-electron chi connectivity index (χ1n) is 7.06. The van der Waals surface area contributed by atoms with Gasteiger partial charge in [0.15, 0.2) is 11.3 Å². The maximum Gasteiger partial charge on any atom is 0.343 e. The Labute approximate surface area is 137 Å². The summed E-state index contributed by atoms with van der Waals surface area (Å²) in [5.74, 6) is -1.80. The number of amides is 1. The summed E-state index contributed by atoms with van der Waals surface area (Å²) in [6.07, 6.45) is 1.25. The van der Waals surface area contributed by atoms with Gasteiger partial charge in [0, 0.05) is 14.0 Å². The summed E-state index contributed by atoms with van der Waals surface area (Å²) >= 11 is 0. The second kappa shape index (κ2) is 6.52. The normalized spacial score (nSPS) is 12.4. The van der Waals surface area contributed by atoms with Gasteiger partial charge >= 0.3 is 5.69 Å². The lowest BCUT2D eigenvalue weighted by Crippen LogP contribution is -2.42. The highest BCUT2D eigenvalue weighted by molar-refractivity contribution is 7.90. The van der Waals surface area contributed by atoms with Crippen LogP contribution in [-0.2, 0) is 28.3 Å². The maximum absolute atomic E-state index is 14.1. The molecule has 0 saturated carbocycles. The average molecular weight is 353 g/mol. The number of carbonyl (C=O) groups excluding carboxylic acids is 1. The minimum Gasteiger partial charge on any atom is -0.278 e. The predicted molar refractivity (Wildman–Crippen MR) is 84.3 cm³/mol. The molecular formula is C15H16FN3O4S.